The maximum absolute atomic E-state index is 12.3. The van der Waals surface area contributed by atoms with Gasteiger partial charge in [-0.2, -0.15) is 0 Å². The number of carbonyl (C=O) groups excluding carboxylic acids is 1. The molecular weight excluding hydrogens is 398 g/mol. The lowest BCUT2D eigenvalue weighted by atomic mass is 10.0. The molecule has 0 radical (unpaired) electrons. The summed E-state index contributed by atoms with van der Waals surface area (Å²) in [5.41, 5.74) is 2.00. The number of aliphatic carboxylic acids is 1. The number of amides is 1. The second-order valence-electron chi connectivity index (χ2n) is 8.41. The first-order chi connectivity index (χ1) is 14.8. The fourth-order valence-electron chi connectivity index (χ4n) is 3.44. The number of carboxylic acids is 1. The van der Waals surface area contributed by atoms with E-state index in [0.29, 0.717) is 28.8 Å². The van der Waals surface area contributed by atoms with Gasteiger partial charge >= 0.3 is 12.1 Å². The van der Waals surface area contributed by atoms with Crippen molar-refractivity contribution < 1.29 is 19.4 Å². The van der Waals surface area contributed by atoms with Crippen molar-refractivity contribution >= 4 is 17.9 Å². The first kappa shape index (κ1) is 20.8. The summed E-state index contributed by atoms with van der Waals surface area (Å²) in [7, 11) is 1.68. The van der Waals surface area contributed by atoms with Crippen LogP contribution in [0.25, 0.3) is 11.4 Å². The average Bonchev–Trinajstić information content (AvgIpc) is 3.62. The van der Waals surface area contributed by atoms with E-state index in [-0.39, 0.29) is 12.5 Å². The molecule has 0 saturated heterocycles. The van der Waals surface area contributed by atoms with E-state index in [1.807, 2.05) is 19.9 Å². The zero-order valence-electron chi connectivity index (χ0n) is 17.8. The second-order valence-corrected chi connectivity index (χ2v) is 8.41. The zero-order chi connectivity index (χ0) is 22.2. The fraction of sp³-hybridized carbons (Fsp3) is 0.500. The zero-order valence-corrected chi connectivity index (χ0v) is 17.8. The molecule has 2 aliphatic carbocycles. The number of hydrogen-bond donors (Lipinski definition) is 2. The van der Waals surface area contributed by atoms with Crippen LogP contribution in [0.2, 0.25) is 0 Å². The molecule has 1 amide bonds. The van der Waals surface area contributed by atoms with E-state index in [2.05, 4.69) is 32.5 Å². The highest BCUT2D eigenvalue weighted by molar-refractivity contribution is 5.88. The monoisotopic (exact) mass is 423 g/mol. The summed E-state index contributed by atoms with van der Waals surface area (Å²) in [6, 6.07) is 3.59. The molecule has 9 nitrogen and oxygen atoms in total. The molecule has 2 N–H and O–H groups in total. The van der Waals surface area contributed by atoms with E-state index in [1.165, 1.54) is 4.68 Å². The molecule has 4 rings (SSSR count). The topological polar surface area (TPSA) is 119 Å². The smallest absolute Gasteiger partial charge is 0.413 e. The molecule has 31 heavy (non-hydrogen) atoms. The van der Waals surface area contributed by atoms with Gasteiger partial charge in [0.2, 0.25) is 0 Å². The van der Waals surface area contributed by atoms with Gasteiger partial charge in [0.25, 0.3) is 0 Å². The van der Waals surface area contributed by atoms with Crippen molar-refractivity contribution in [3.63, 3.8) is 0 Å². The van der Waals surface area contributed by atoms with Gasteiger partial charge in [-0.3, -0.25) is 10.1 Å². The van der Waals surface area contributed by atoms with Crippen LogP contribution in [0.1, 0.15) is 50.3 Å². The predicted octanol–water partition coefficient (Wildman–Crippen LogP) is 3.14. The molecule has 2 aromatic heterocycles. The lowest BCUT2D eigenvalue weighted by Crippen LogP contribution is -2.23. The first-order valence-electron chi connectivity index (χ1n) is 10.4. The van der Waals surface area contributed by atoms with Crippen molar-refractivity contribution in [3.05, 3.63) is 23.4 Å². The number of hydrogen-bond acceptors (Lipinski definition) is 6. The molecule has 9 heteroatoms. The SMILES string of the molecule is Cc1nc(-c2nnn(C)c2NC(=O)OC(C)C2CC2)ccc1C#CC1(CC(=O)O)CC1. The molecule has 0 bridgehead atoms. The van der Waals surface area contributed by atoms with Crippen LogP contribution in [0.4, 0.5) is 10.6 Å². The van der Waals surface area contributed by atoms with E-state index in [9.17, 15) is 9.59 Å². The Morgan fingerprint density at radius 2 is 2.13 bits per heavy atom. The number of carboxylic acid groups (broad SMARTS) is 1. The number of aromatic nitrogens is 4. The Labute approximate surface area is 180 Å². The number of anilines is 1. The lowest BCUT2D eigenvalue weighted by molar-refractivity contribution is -0.137. The summed E-state index contributed by atoms with van der Waals surface area (Å²) < 4.78 is 6.90. The van der Waals surface area contributed by atoms with Crippen LogP contribution in [-0.4, -0.2) is 43.3 Å². The fourth-order valence-corrected chi connectivity index (χ4v) is 3.44. The van der Waals surface area contributed by atoms with Crippen LogP contribution in [0.5, 0.6) is 0 Å². The molecule has 0 aliphatic heterocycles. The highest BCUT2D eigenvalue weighted by Crippen LogP contribution is 2.48. The van der Waals surface area contributed by atoms with Gasteiger partial charge in [-0.1, -0.05) is 17.1 Å². The molecule has 2 aliphatic rings. The molecule has 2 saturated carbocycles. The Kier molecular flexibility index (Phi) is 5.39. The molecule has 0 spiro atoms. The molecular formula is C22H25N5O4. The van der Waals surface area contributed by atoms with Crippen molar-refractivity contribution in [2.45, 2.75) is 52.1 Å². The molecule has 0 aromatic carbocycles. The second kappa shape index (κ2) is 8.02. The maximum atomic E-state index is 12.3. The third-order valence-corrected chi connectivity index (χ3v) is 5.76. The Hall–Kier alpha value is -3.41. The summed E-state index contributed by atoms with van der Waals surface area (Å²) in [6.45, 7) is 3.73. The van der Waals surface area contributed by atoms with E-state index in [0.717, 1.165) is 31.2 Å². The largest absolute Gasteiger partial charge is 0.481 e. The van der Waals surface area contributed by atoms with E-state index in [4.69, 9.17) is 9.84 Å². The first-order valence-corrected chi connectivity index (χ1v) is 10.4. The number of ether oxygens (including phenoxy) is 1. The number of nitrogens with zero attached hydrogens (tertiary/aromatic N) is 4. The Bertz CT molecular complexity index is 1090. The lowest BCUT2D eigenvalue weighted by Gasteiger charge is -2.13. The summed E-state index contributed by atoms with van der Waals surface area (Å²) >= 11 is 0. The Balaban J connectivity index is 1.51. The minimum Gasteiger partial charge on any atom is -0.481 e. The predicted molar refractivity (Wildman–Crippen MR) is 112 cm³/mol. The van der Waals surface area contributed by atoms with Crippen LogP contribution in [0.3, 0.4) is 0 Å². The van der Waals surface area contributed by atoms with E-state index < -0.39 is 17.5 Å². The Morgan fingerprint density at radius 1 is 1.39 bits per heavy atom. The van der Waals surface area contributed by atoms with Crippen LogP contribution in [0, 0.1) is 30.1 Å². The van der Waals surface area contributed by atoms with Gasteiger partial charge in [0.05, 0.1) is 17.8 Å². The molecule has 1 unspecified atom stereocenters. The Morgan fingerprint density at radius 3 is 2.74 bits per heavy atom. The highest BCUT2D eigenvalue weighted by Gasteiger charge is 2.43. The molecule has 162 valence electrons. The van der Waals surface area contributed by atoms with Gasteiger partial charge in [0.15, 0.2) is 11.5 Å². The molecule has 2 fully saturated rings. The average molecular weight is 423 g/mol. The number of carbonyl (C=O) groups is 2. The van der Waals surface area contributed by atoms with Gasteiger partial charge in [-0.15, -0.1) is 5.10 Å². The van der Waals surface area contributed by atoms with Crippen molar-refractivity contribution in [2.75, 3.05) is 5.32 Å². The minimum atomic E-state index is -0.829. The van der Waals surface area contributed by atoms with Crippen molar-refractivity contribution in [1.29, 1.82) is 0 Å². The number of aryl methyl sites for hydroxylation is 2. The third kappa shape index (κ3) is 4.85. The van der Waals surface area contributed by atoms with Gasteiger partial charge < -0.3 is 9.84 Å². The van der Waals surface area contributed by atoms with Gasteiger partial charge in [-0.05, 0) is 57.6 Å². The van der Waals surface area contributed by atoms with Gasteiger partial charge in [-0.25, -0.2) is 14.5 Å². The standard InChI is InChI=1S/C22H25N5O4/c1-13-15(8-9-22(10-11-22)12-18(28)29)6-7-17(23-13)19-20(27(3)26-25-19)24-21(30)31-14(2)16-4-5-16/h6-7,14,16H,4-5,10-12H2,1-3H3,(H,24,30)(H,28,29). The number of rotatable bonds is 6. The van der Waals surface area contributed by atoms with Gasteiger partial charge in [0, 0.05) is 18.0 Å². The third-order valence-electron chi connectivity index (χ3n) is 5.76. The number of pyridine rings is 1. The summed E-state index contributed by atoms with van der Waals surface area (Å²) in [4.78, 5) is 27.9. The molecule has 2 heterocycles. The summed E-state index contributed by atoms with van der Waals surface area (Å²) in [5, 5.41) is 19.9. The van der Waals surface area contributed by atoms with E-state index in [1.54, 1.807) is 13.1 Å². The summed E-state index contributed by atoms with van der Waals surface area (Å²) in [5.74, 6) is 6.21. The molecule has 1 atom stereocenters. The highest BCUT2D eigenvalue weighted by atomic mass is 16.6. The van der Waals surface area contributed by atoms with Gasteiger partial charge in [0.1, 0.15) is 6.10 Å². The minimum absolute atomic E-state index is 0.0641. The van der Waals surface area contributed by atoms with Crippen molar-refractivity contribution in [1.82, 2.24) is 20.0 Å². The summed E-state index contributed by atoms with van der Waals surface area (Å²) in [6.07, 6.45) is 3.18. The van der Waals surface area contributed by atoms with Crippen LogP contribution in [0.15, 0.2) is 12.1 Å². The van der Waals surface area contributed by atoms with Crippen LogP contribution >= 0.6 is 0 Å². The van der Waals surface area contributed by atoms with Crippen molar-refractivity contribution in [3.8, 4) is 23.2 Å². The number of nitrogens with one attached hydrogen (secondary N) is 1. The maximum Gasteiger partial charge on any atom is 0.413 e. The van der Waals surface area contributed by atoms with Crippen LogP contribution < -0.4 is 5.32 Å². The molecule has 2 aromatic rings. The quantitative estimate of drug-likeness (QED) is 0.685. The normalized spacial score (nSPS) is 17.3. The van der Waals surface area contributed by atoms with Crippen molar-refractivity contribution in [2.24, 2.45) is 18.4 Å². The van der Waals surface area contributed by atoms with Crippen LogP contribution in [-0.2, 0) is 16.6 Å². The van der Waals surface area contributed by atoms with E-state index >= 15 is 0 Å².